The fourth-order valence-corrected chi connectivity index (χ4v) is 2.65. The second kappa shape index (κ2) is 7.20. The summed E-state index contributed by atoms with van der Waals surface area (Å²) in [4.78, 5) is 0. The molecule has 2 nitrogen and oxygen atoms in total. The van der Waals surface area contributed by atoms with E-state index in [1.165, 1.54) is 12.1 Å². The standard InChI is InChI=1S/C15H13BrClFN2S/c1-2-9-7-10(16)3-6-14(9)20-15(21)19-11-4-5-13(18)12(17)8-11/h3-8H,2H2,1H3,(H2,19,20,21). The van der Waals surface area contributed by atoms with Gasteiger partial charge in [0.15, 0.2) is 5.11 Å². The van der Waals surface area contributed by atoms with Crippen LogP contribution in [0.5, 0.6) is 0 Å². The molecule has 0 saturated carbocycles. The summed E-state index contributed by atoms with van der Waals surface area (Å²) in [7, 11) is 0. The van der Waals surface area contributed by atoms with Gasteiger partial charge in [-0.15, -0.1) is 0 Å². The molecular formula is C15H13BrClFN2S. The maximum Gasteiger partial charge on any atom is 0.175 e. The molecule has 2 aromatic carbocycles. The molecule has 0 atom stereocenters. The molecule has 110 valence electrons. The van der Waals surface area contributed by atoms with Crippen molar-refractivity contribution in [2.24, 2.45) is 0 Å². The number of hydrogen-bond donors (Lipinski definition) is 2. The highest BCUT2D eigenvalue weighted by Gasteiger charge is 2.06. The first-order valence-electron chi connectivity index (χ1n) is 6.31. The summed E-state index contributed by atoms with van der Waals surface area (Å²) in [5, 5.41) is 6.60. The van der Waals surface area contributed by atoms with Crippen LogP contribution in [0.25, 0.3) is 0 Å². The summed E-state index contributed by atoms with van der Waals surface area (Å²) < 4.78 is 14.1. The van der Waals surface area contributed by atoms with Crippen molar-refractivity contribution in [2.75, 3.05) is 10.6 Å². The number of aryl methyl sites for hydroxylation is 1. The zero-order valence-corrected chi connectivity index (χ0v) is 14.4. The molecule has 0 aliphatic carbocycles. The molecule has 0 aliphatic heterocycles. The van der Waals surface area contributed by atoms with Gasteiger partial charge in [0.05, 0.1) is 5.02 Å². The average Bonchev–Trinajstić information content (AvgIpc) is 2.44. The average molecular weight is 388 g/mol. The van der Waals surface area contributed by atoms with Crippen molar-refractivity contribution in [1.82, 2.24) is 0 Å². The number of rotatable bonds is 3. The zero-order chi connectivity index (χ0) is 15.4. The second-order valence-corrected chi connectivity index (χ2v) is 6.09. The van der Waals surface area contributed by atoms with E-state index in [1.807, 2.05) is 18.2 Å². The first-order chi connectivity index (χ1) is 9.99. The molecule has 0 aromatic heterocycles. The molecule has 6 heteroatoms. The van der Waals surface area contributed by atoms with Crippen molar-refractivity contribution in [3.05, 3.63) is 57.3 Å². The van der Waals surface area contributed by atoms with Crippen LogP contribution in [0.4, 0.5) is 15.8 Å². The maximum atomic E-state index is 13.1. The fraction of sp³-hybridized carbons (Fsp3) is 0.133. The highest BCUT2D eigenvalue weighted by molar-refractivity contribution is 9.10. The minimum atomic E-state index is -0.456. The zero-order valence-electron chi connectivity index (χ0n) is 11.2. The van der Waals surface area contributed by atoms with Gasteiger partial charge in [0, 0.05) is 15.8 Å². The van der Waals surface area contributed by atoms with Gasteiger partial charge in [0.2, 0.25) is 0 Å². The Kier molecular flexibility index (Phi) is 5.56. The molecule has 2 N–H and O–H groups in total. The van der Waals surface area contributed by atoms with E-state index in [9.17, 15) is 4.39 Å². The van der Waals surface area contributed by atoms with Crippen LogP contribution in [0.1, 0.15) is 12.5 Å². The smallest absolute Gasteiger partial charge is 0.175 e. The van der Waals surface area contributed by atoms with Crippen LogP contribution in [0.15, 0.2) is 40.9 Å². The SMILES string of the molecule is CCc1cc(Br)ccc1NC(=S)Nc1ccc(F)c(Cl)c1. The van der Waals surface area contributed by atoms with E-state index >= 15 is 0 Å². The predicted octanol–water partition coefficient (Wildman–Crippen LogP) is 5.61. The predicted molar refractivity (Wildman–Crippen MR) is 94.8 cm³/mol. The van der Waals surface area contributed by atoms with Gasteiger partial charge in [-0.1, -0.05) is 34.5 Å². The van der Waals surface area contributed by atoms with Gasteiger partial charge in [0.1, 0.15) is 5.82 Å². The lowest BCUT2D eigenvalue weighted by Crippen LogP contribution is -2.19. The normalized spacial score (nSPS) is 10.3. The first kappa shape index (κ1) is 16.2. The Morgan fingerprint density at radius 2 is 2.00 bits per heavy atom. The molecule has 0 unspecified atom stereocenters. The van der Waals surface area contributed by atoms with Gasteiger partial charge in [-0.25, -0.2) is 4.39 Å². The maximum absolute atomic E-state index is 13.1. The summed E-state index contributed by atoms with van der Waals surface area (Å²) in [5.74, 6) is -0.456. The Bertz CT molecular complexity index is 679. The van der Waals surface area contributed by atoms with E-state index in [4.69, 9.17) is 23.8 Å². The first-order valence-corrected chi connectivity index (χ1v) is 7.89. The lowest BCUT2D eigenvalue weighted by atomic mass is 10.1. The van der Waals surface area contributed by atoms with Crippen LogP contribution < -0.4 is 10.6 Å². The molecule has 0 saturated heterocycles. The molecule has 0 spiro atoms. The van der Waals surface area contributed by atoms with E-state index in [-0.39, 0.29) is 5.02 Å². The molecule has 0 bridgehead atoms. The molecule has 21 heavy (non-hydrogen) atoms. The quantitative estimate of drug-likeness (QED) is 0.669. The van der Waals surface area contributed by atoms with E-state index in [1.54, 1.807) is 6.07 Å². The number of benzene rings is 2. The fourth-order valence-electron chi connectivity index (χ4n) is 1.84. The van der Waals surface area contributed by atoms with Crippen molar-refractivity contribution in [3.63, 3.8) is 0 Å². The highest BCUT2D eigenvalue weighted by Crippen LogP contribution is 2.23. The molecule has 0 fully saturated rings. The second-order valence-electron chi connectivity index (χ2n) is 4.36. The third-order valence-corrected chi connectivity index (χ3v) is 3.86. The molecule has 0 amide bonds. The van der Waals surface area contributed by atoms with Crippen LogP contribution in [0, 0.1) is 5.82 Å². The van der Waals surface area contributed by atoms with Crippen molar-refractivity contribution in [1.29, 1.82) is 0 Å². The Hall–Kier alpha value is -1.17. The molecular weight excluding hydrogens is 375 g/mol. The van der Waals surface area contributed by atoms with Crippen LogP contribution in [0.2, 0.25) is 5.02 Å². The monoisotopic (exact) mass is 386 g/mol. The van der Waals surface area contributed by atoms with Crippen molar-refractivity contribution >= 4 is 56.2 Å². The summed E-state index contributed by atoms with van der Waals surface area (Å²) >= 11 is 14.4. The van der Waals surface area contributed by atoms with Gasteiger partial charge in [0.25, 0.3) is 0 Å². The third-order valence-electron chi connectivity index (χ3n) is 2.87. The van der Waals surface area contributed by atoms with Crippen LogP contribution in [-0.2, 0) is 6.42 Å². The topological polar surface area (TPSA) is 24.1 Å². The molecule has 2 aromatic rings. The van der Waals surface area contributed by atoms with Crippen molar-refractivity contribution in [3.8, 4) is 0 Å². The van der Waals surface area contributed by atoms with Crippen LogP contribution in [0.3, 0.4) is 0 Å². The number of hydrogen-bond acceptors (Lipinski definition) is 1. The number of thiocarbonyl (C=S) groups is 1. The van der Waals surface area contributed by atoms with E-state index < -0.39 is 5.82 Å². The van der Waals surface area contributed by atoms with Crippen molar-refractivity contribution in [2.45, 2.75) is 13.3 Å². The van der Waals surface area contributed by atoms with Gasteiger partial charge < -0.3 is 10.6 Å². The Labute approximate surface area is 141 Å². The lowest BCUT2D eigenvalue weighted by Gasteiger charge is -2.14. The number of anilines is 2. The summed E-state index contributed by atoms with van der Waals surface area (Å²) in [6.45, 7) is 2.07. The highest BCUT2D eigenvalue weighted by atomic mass is 79.9. The molecule has 0 radical (unpaired) electrons. The molecule has 2 rings (SSSR count). The van der Waals surface area contributed by atoms with Gasteiger partial charge >= 0.3 is 0 Å². The molecule has 0 heterocycles. The Morgan fingerprint density at radius 3 is 2.67 bits per heavy atom. The minimum absolute atomic E-state index is 0.0562. The van der Waals surface area contributed by atoms with Crippen LogP contribution in [-0.4, -0.2) is 5.11 Å². The third kappa shape index (κ3) is 4.40. The Balaban J connectivity index is 2.09. The minimum Gasteiger partial charge on any atom is -0.332 e. The lowest BCUT2D eigenvalue weighted by molar-refractivity contribution is 0.628. The summed E-state index contributed by atoms with van der Waals surface area (Å²) in [6.07, 6.45) is 0.882. The van der Waals surface area contributed by atoms with Crippen molar-refractivity contribution < 1.29 is 4.39 Å². The van der Waals surface area contributed by atoms with Gasteiger partial charge in [-0.3, -0.25) is 0 Å². The summed E-state index contributed by atoms with van der Waals surface area (Å²) in [5.41, 5.74) is 2.71. The Morgan fingerprint density at radius 1 is 1.24 bits per heavy atom. The van der Waals surface area contributed by atoms with E-state index in [2.05, 4.69) is 33.5 Å². The van der Waals surface area contributed by atoms with E-state index in [0.29, 0.717) is 10.8 Å². The van der Waals surface area contributed by atoms with Gasteiger partial charge in [-0.05, 0) is 60.6 Å². The largest absolute Gasteiger partial charge is 0.332 e. The molecule has 0 aliphatic rings. The number of halogens is 3. The van der Waals surface area contributed by atoms with Gasteiger partial charge in [-0.2, -0.15) is 0 Å². The summed E-state index contributed by atoms with van der Waals surface area (Å²) in [6, 6.07) is 10.3. The van der Waals surface area contributed by atoms with E-state index in [0.717, 1.165) is 22.1 Å². The number of nitrogens with one attached hydrogen (secondary N) is 2. The van der Waals surface area contributed by atoms with Crippen LogP contribution >= 0.6 is 39.7 Å².